The SMILES string of the molecule is [N-]=[N+]=NC1COCOC1. The average molecular weight is 129 g/mol. The van der Waals surface area contributed by atoms with E-state index < -0.39 is 0 Å². The molecule has 0 bridgehead atoms. The molecule has 1 heterocycles. The van der Waals surface area contributed by atoms with Gasteiger partial charge in [0, 0.05) is 4.91 Å². The minimum absolute atomic E-state index is 0.135. The van der Waals surface area contributed by atoms with E-state index in [1.54, 1.807) is 0 Å². The second kappa shape index (κ2) is 3.29. The van der Waals surface area contributed by atoms with E-state index in [0.29, 0.717) is 20.0 Å². The molecule has 0 radical (unpaired) electrons. The van der Waals surface area contributed by atoms with Crippen molar-refractivity contribution in [1.82, 2.24) is 0 Å². The van der Waals surface area contributed by atoms with Crippen LogP contribution in [0.4, 0.5) is 0 Å². The van der Waals surface area contributed by atoms with Crippen molar-refractivity contribution in [1.29, 1.82) is 0 Å². The Morgan fingerprint density at radius 3 is 2.67 bits per heavy atom. The number of hydrogen-bond acceptors (Lipinski definition) is 3. The fourth-order valence-electron chi connectivity index (χ4n) is 0.615. The molecule has 5 nitrogen and oxygen atoms in total. The summed E-state index contributed by atoms with van der Waals surface area (Å²) in [6.45, 7) is 1.27. The molecule has 1 saturated heterocycles. The first-order chi connectivity index (χ1) is 4.43. The maximum absolute atomic E-state index is 7.97. The Balaban J connectivity index is 2.31. The topological polar surface area (TPSA) is 67.2 Å². The molecule has 1 fully saturated rings. The van der Waals surface area contributed by atoms with Crippen LogP contribution in [-0.4, -0.2) is 26.0 Å². The molecule has 0 saturated carbocycles. The van der Waals surface area contributed by atoms with Crippen molar-refractivity contribution in [2.24, 2.45) is 5.11 Å². The molecule has 0 N–H and O–H groups in total. The van der Waals surface area contributed by atoms with Crippen LogP contribution in [0.3, 0.4) is 0 Å². The van der Waals surface area contributed by atoms with Crippen LogP contribution in [0.5, 0.6) is 0 Å². The van der Waals surface area contributed by atoms with Gasteiger partial charge in [-0.15, -0.1) is 0 Å². The third kappa shape index (κ3) is 1.89. The van der Waals surface area contributed by atoms with Gasteiger partial charge in [-0.25, -0.2) is 0 Å². The molecule has 0 aromatic rings. The highest BCUT2D eigenvalue weighted by molar-refractivity contribution is 4.66. The lowest BCUT2D eigenvalue weighted by molar-refractivity contribution is -0.106. The molecule has 1 rings (SSSR count). The maximum Gasteiger partial charge on any atom is 0.146 e. The molecule has 50 valence electrons. The second-order valence-corrected chi connectivity index (χ2v) is 1.72. The summed E-state index contributed by atoms with van der Waals surface area (Å²) in [6.07, 6.45) is 0. The molecule has 0 atom stereocenters. The predicted octanol–water partition coefficient (Wildman–Crippen LogP) is 0.670. The summed E-state index contributed by atoms with van der Waals surface area (Å²) in [5.41, 5.74) is 7.97. The summed E-state index contributed by atoms with van der Waals surface area (Å²) in [6, 6.07) is -0.135. The van der Waals surface area contributed by atoms with Gasteiger partial charge in [-0.05, 0) is 5.53 Å². The fraction of sp³-hybridized carbons (Fsp3) is 1.00. The van der Waals surface area contributed by atoms with Gasteiger partial charge in [0.25, 0.3) is 0 Å². The quantitative estimate of drug-likeness (QED) is 0.296. The van der Waals surface area contributed by atoms with E-state index in [-0.39, 0.29) is 6.04 Å². The highest BCUT2D eigenvalue weighted by Crippen LogP contribution is 2.00. The van der Waals surface area contributed by atoms with Crippen LogP contribution in [0.1, 0.15) is 0 Å². The van der Waals surface area contributed by atoms with E-state index in [1.165, 1.54) is 0 Å². The molecule has 0 spiro atoms. The number of ether oxygens (including phenoxy) is 2. The normalized spacial score (nSPS) is 20.9. The first-order valence-electron chi connectivity index (χ1n) is 2.63. The minimum atomic E-state index is -0.135. The van der Waals surface area contributed by atoms with Crippen LogP contribution in [0.2, 0.25) is 0 Å². The molecular weight excluding hydrogens is 122 g/mol. The van der Waals surface area contributed by atoms with E-state index in [2.05, 4.69) is 10.0 Å². The lowest BCUT2D eigenvalue weighted by Gasteiger charge is -2.17. The van der Waals surface area contributed by atoms with Crippen molar-refractivity contribution in [3.05, 3.63) is 10.4 Å². The van der Waals surface area contributed by atoms with Gasteiger partial charge in [-0.2, -0.15) is 0 Å². The third-order valence-electron chi connectivity index (χ3n) is 1.00. The Labute approximate surface area is 52.2 Å². The summed E-state index contributed by atoms with van der Waals surface area (Å²) in [7, 11) is 0. The Morgan fingerprint density at radius 1 is 1.44 bits per heavy atom. The fourth-order valence-corrected chi connectivity index (χ4v) is 0.615. The van der Waals surface area contributed by atoms with Crippen LogP contribution >= 0.6 is 0 Å². The van der Waals surface area contributed by atoms with Crippen molar-refractivity contribution in [2.75, 3.05) is 20.0 Å². The van der Waals surface area contributed by atoms with E-state index in [4.69, 9.17) is 15.0 Å². The standard InChI is InChI=1S/C4H7N3O2/c5-7-6-4-1-8-3-9-2-4/h4H,1-3H2. The molecule has 1 aliphatic rings. The lowest BCUT2D eigenvalue weighted by atomic mass is 10.3. The van der Waals surface area contributed by atoms with Crippen LogP contribution < -0.4 is 0 Å². The summed E-state index contributed by atoms with van der Waals surface area (Å²) >= 11 is 0. The molecule has 5 heteroatoms. The van der Waals surface area contributed by atoms with Gasteiger partial charge in [-0.1, -0.05) is 5.11 Å². The largest absolute Gasteiger partial charge is 0.355 e. The van der Waals surface area contributed by atoms with Gasteiger partial charge < -0.3 is 9.47 Å². The van der Waals surface area contributed by atoms with Gasteiger partial charge in [0.2, 0.25) is 0 Å². The minimum Gasteiger partial charge on any atom is -0.355 e. The van der Waals surface area contributed by atoms with Gasteiger partial charge in [0.1, 0.15) is 6.79 Å². The molecule has 0 aromatic heterocycles. The number of rotatable bonds is 1. The third-order valence-corrected chi connectivity index (χ3v) is 1.00. The zero-order valence-corrected chi connectivity index (χ0v) is 4.86. The highest BCUT2D eigenvalue weighted by atomic mass is 16.7. The first-order valence-corrected chi connectivity index (χ1v) is 2.63. The first kappa shape index (κ1) is 6.35. The van der Waals surface area contributed by atoms with Crippen molar-refractivity contribution in [3.63, 3.8) is 0 Å². The molecule has 9 heavy (non-hydrogen) atoms. The number of nitrogens with zero attached hydrogens (tertiary/aromatic N) is 3. The summed E-state index contributed by atoms with van der Waals surface area (Å²) in [5, 5.41) is 3.41. The van der Waals surface area contributed by atoms with E-state index >= 15 is 0 Å². The summed E-state index contributed by atoms with van der Waals surface area (Å²) < 4.78 is 9.70. The molecule has 0 aliphatic carbocycles. The van der Waals surface area contributed by atoms with Gasteiger partial charge in [0.05, 0.1) is 19.3 Å². The molecule has 0 unspecified atom stereocenters. The van der Waals surface area contributed by atoms with Crippen molar-refractivity contribution in [2.45, 2.75) is 6.04 Å². The van der Waals surface area contributed by atoms with Crippen LogP contribution in [0, 0.1) is 0 Å². The smallest absolute Gasteiger partial charge is 0.146 e. The summed E-state index contributed by atoms with van der Waals surface area (Å²) in [4.78, 5) is 2.62. The van der Waals surface area contributed by atoms with Crippen LogP contribution in [-0.2, 0) is 9.47 Å². The predicted molar refractivity (Wildman–Crippen MR) is 29.7 cm³/mol. The highest BCUT2D eigenvalue weighted by Gasteiger charge is 2.10. The molecular formula is C4H7N3O2. The summed E-state index contributed by atoms with van der Waals surface area (Å²) in [5.74, 6) is 0. The Hall–Kier alpha value is -0.770. The van der Waals surface area contributed by atoms with Gasteiger partial charge in [0.15, 0.2) is 0 Å². The lowest BCUT2D eigenvalue weighted by Crippen LogP contribution is -2.26. The van der Waals surface area contributed by atoms with Crippen molar-refractivity contribution >= 4 is 0 Å². The van der Waals surface area contributed by atoms with Crippen molar-refractivity contribution in [3.8, 4) is 0 Å². The zero-order valence-electron chi connectivity index (χ0n) is 4.86. The van der Waals surface area contributed by atoms with Crippen LogP contribution in [0.15, 0.2) is 5.11 Å². The molecule has 0 amide bonds. The van der Waals surface area contributed by atoms with Gasteiger partial charge >= 0.3 is 0 Å². The second-order valence-electron chi connectivity index (χ2n) is 1.72. The Kier molecular flexibility index (Phi) is 2.32. The zero-order chi connectivity index (χ0) is 6.53. The average Bonchev–Trinajstić information content (AvgIpc) is 1.91. The van der Waals surface area contributed by atoms with E-state index in [0.717, 1.165) is 0 Å². The maximum atomic E-state index is 7.97. The van der Waals surface area contributed by atoms with Crippen LogP contribution in [0.25, 0.3) is 10.4 Å². The van der Waals surface area contributed by atoms with Crippen molar-refractivity contribution < 1.29 is 9.47 Å². The Bertz CT molecular complexity index is 126. The number of hydrogen-bond donors (Lipinski definition) is 0. The molecule has 1 aliphatic heterocycles. The van der Waals surface area contributed by atoms with E-state index in [1.807, 2.05) is 0 Å². The number of azide groups is 1. The Morgan fingerprint density at radius 2 is 2.11 bits per heavy atom. The monoisotopic (exact) mass is 129 g/mol. The van der Waals surface area contributed by atoms with E-state index in [9.17, 15) is 0 Å². The molecule has 0 aromatic carbocycles. The van der Waals surface area contributed by atoms with Gasteiger partial charge in [-0.3, -0.25) is 0 Å².